The van der Waals surface area contributed by atoms with Gasteiger partial charge in [0.25, 0.3) is 0 Å². The van der Waals surface area contributed by atoms with Gasteiger partial charge in [0.05, 0.1) is 11.7 Å². The minimum absolute atomic E-state index is 0.139. The highest BCUT2D eigenvalue weighted by atomic mass is 19.1. The van der Waals surface area contributed by atoms with Gasteiger partial charge >= 0.3 is 0 Å². The number of nitrogens with one attached hydrogen (secondary N) is 2. The Hall–Kier alpha value is -1.99. The third kappa shape index (κ3) is 2.37. The van der Waals surface area contributed by atoms with Crippen molar-refractivity contribution in [3.8, 4) is 0 Å². The van der Waals surface area contributed by atoms with Crippen LogP contribution >= 0.6 is 0 Å². The molecule has 3 atom stereocenters. The summed E-state index contributed by atoms with van der Waals surface area (Å²) in [6.45, 7) is 2.77. The smallest absolute Gasteiger partial charge is 0.243 e. The van der Waals surface area contributed by atoms with Crippen molar-refractivity contribution in [1.82, 2.24) is 15.5 Å². The van der Waals surface area contributed by atoms with E-state index in [-0.39, 0.29) is 23.7 Å². The number of rotatable bonds is 2. The van der Waals surface area contributed by atoms with Crippen molar-refractivity contribution in [2.24, 2.45) is 0 Å². The van der Waals surface area contributed by atoms with Crippen molar-refractivity contribution in [3.05, 3.63) is 29.1 Å². The van der Waals surface area contributed by atoms with Crippen molar-refractivity contribution >= 4 is 17.5 Å². The molecule has 2 bridgehead atoms. The number of amides is 2. The van der Waals surface area contributed by atoms with E-state index < -0.39 is 0 Å². The molecule has 1 aromatic rings. The topological polar surface area (TPSA) is 64.7 Å². The Balaban J connectivity index is 1.39. The van der Waals surface area contributed by atoms with Crippen molar-refractivity contribution in [2.45, 2.75) is 50.5 Å². The number of hydrogen-bond acceptors (Lipinski definition) is 5. The number of piperazine rings is 1. The summed E-state index contributed by atoms with van der Waals surface area (Å²) >= 11 is 0. The molecule has 2 N–H and O–H groups in total. The summed E-state index contributed by atoms with van der Waals surface area (Å²) in [5.74, 6) is -0.614. The van der Waals surface area contributed by atoms with Crippen molar-refractivity contribution in [1.29, 1.82) is 0 Å². The van der Waals surface area contributed by atoms with Crippen LogP contribution in [0.1, 0.15) is 30.4 Å². The maximum Gasteiger partial charge on any atom is 0.243 e. The lowest BCUT2D eigenvalue weighted by molar-refractivity contribution is -0.137. The van der Waals surface area contributed by atoms with Gasteiger partial charge in [0, 0.05) is 50.2 Å². The molecule has 4 aliphatic rings. The molecule has 1 aromatic carbocycles. The summed E-state index contributed by atoms with van der Waals surface area (Å²) in [4.78, 5) is 27.6. The number of carbonyl (C=O) groups is 2. The van der Waals surface area contributed by atoms with E-state index in [1.807, 2.05) is 17.0 Å². The van der Waals surface area contributed by atoms with Gasteiger partial charge in [-0.25, -0.2) is 4.39 Å². The monoisotopic (exact) mass is 344 g/mol. The predicted octanol–water partition coefficient (Wildman–Crippen LogP) is 0.497. The average molecular weight is 344 g/mol. The fourth-order valence-electron chi connectivity index (χ4n) is 4.77. The maximum absolute atomic E-state index is 15.2. The first-order valence-corrected chi connectivity index (χ1v) is 8.98. The molecule has 3 saturated heterocycles. The lowest BCUT2D eigenvalue weighted by Crippen LogP contribution is -2.50. The van der Waals surface area contributed by atoms with E-state index in [1.165, 1.54) is 0 Å². The first kappa shape index (κ1) is 15.3. The van der Waals surface area contributed by atoms with E-state index >= 15 is 4.39 Å². The summed E-state index contributed by atoms with van der Waals surface area (Å²) in [5.41, 5.74) is 2.35. The summed E-state index contributed by atoms with van der Waals surface area (Å²) in [5, 5.41) is 5.84. The fourth-order valence-corrected chi connectivity index (χ4v) is 4.77. The summed E-state index contributed by atoms with van der Waals surface area (Å²) in [7, 11) is 0. The minimum atomic E-state index is -0.347. The molecular weight excluding hydrogens is 323 g/mol. The highest BCUT2D eigenvalue weighted by Crippen LogP contribution is 2.37. The van der Waals surface area contributed by atoms with Crippen LogP contribution in [0.3, 0.4) is 0 Å². The van der Waals surface area contributed by atoms with Gasteiger partial charge in [0.15, 0.2) is 5.82 Å². The van der Waals surface area contributed by atoms with E-state index in [4.69, 9.17) is 0 Å². The molecule has 0 aliphatic carbocycles. The molecule has 4 heterocycles. The van der Waals surface area contributed by atoms with Gasteiger partial charge < -0.3 is 10.2 Å². The van der Waals surface area contributed by atoms with Crippen LogP contribution < -0.4 is 15.5 Å². The highest BCUT2D eigenvalue weighted by molar-refractivity contribution is 6.00. The van der Waals surface area contributed by atoms with Gasteiger partial charge in [-0.1, -0.05) is 6.07 Å². The van der Waals surface area contributed by atoms with E-state index in [2.05, 4.69) is 15.5 Å². The zero-order valence-corrected chi connectivity index (χ0v) is 13.9. The Labute approximate surface area is 145 Å². The summed E-state index contributed by atoms with van der Waals surface area (Å²) in [6, 6.07) is 4.39. The number of benzene rings is 1. The number of piperidine rings is 1. The molecule has 6 nitrogen and oxygen atoms in total. The summed E-state index contributed by atoms with van der Waals surface area (Å²) < 4.78 is 15.2. The van der Waals surface area contributed by atoms with E-state index in [0.717, 1.165) is 25.1 Å². The van der Waals surface area contributed by atoms with Crippen LogP contribution in [-0.2, 0) is 22.7 Å². The molecule has 7 heteroatoms. The molecule has 0 spiro atoms. The number of imide groups is 1. The molecule has 3 unspecified atom stereocenters. The zero-order valence-electron chi connectivity index (χ0n) is 13.9. The second kappa shape index (κ2) is 5.51. The Kier molecular flexibility index (Phi) is 3.36. The third-order valence-electron chi connectivity index (χ3n) is 6.07. The molecule has 3 fully saturated rings. The van der Waals surface area contributed by atoms with Crippen LogP contribution in [0.4, 0.5) is 10.1 Å². The molecule has 132 valence electrons. The lowest BCUT2D eigenvalue weighted by Gasteiger charge is -2.30. The Morgan fingerprint density at radius 2 is 2.08 bits per heavy atom. The Morgan fingerprint density at radius 3 is 2.80 bits per heavy atom. The van der Waals surface area contributed by atoms with Gasteiger partial charge in [-0.05, 0) is 24.5 Å². The maximum atomic E-state index is 15.2. The van der Waals surface area contributed by atoms with Gasteiger partial charge in [-0.2, -0.15) is 0 Å². The van der Waals surface area contributed by atoms with E-state index in [9.17, 15) is 9.59 Å². The molecule has 0 saturated carbocycles. The van der Waals surface area contributed by atoms with E-state index in [1.54, 1.807) is 0 Å². The standard InChI is InChI=1S/C18H21FN4O2/c19-17-13-9-22(15-3-4-16(24)21-18(15)25)7-10(13)1-2-14(17)23-8-11-5-12(23)6-20-11/h1-2,11-12,15,20H,3-9H2,(H,21,24,25). The van der Waals surface area contributed by atoms with Gasteiger partial charge in [-0.3, -0.25) is 19.8 Å². The number of anilines is 1. The second-order valence-corrected chi connectivity index (χ2v) is 7.56. The van der Waals surface area contributed by atoms with Gasteiger partial charge in [-0.15, -0.1) is 0 Å². The molecule has 4 aliphatic heterocycles. The summed E-state index contributed by atoms with van der Waals surface area (Å²) in [6.07, 6.45) is 1.94. The number of nitrogens with zero attached hydrogens (tertiary/aromatic N) is 2. The normalized spacial score (nSPS) is 31.6. The molecule has 2 amide bonds. The fraction of sp³-hybridized carbons (Fsp3) is 0.556. The number of carbonyl (C=O) groups excluding carboxylic acids is 2. The SMILES string of the molecule is O=C1CCC(N2Cc3ccc(N4CC5CC4CN5)c(F)c3C2)C(=O)N1. The van der Waals surface area contributed by atoms with E-state index in [0.29, 0.717) is 49.3 Å². The zero-order chi connectivity index (χ0) is 17.1. The quantitative estimate of drug-likeness (QED) is 0.765. The van der Waals surface area contributed by atoms with Gasteiger partial charge in [0.2, 0.25) is 11.8 Å². The molecule has 5 rings (SSSR count). The molecule has 0 aromatic heterocycles. The Morgan fingerprint density at radius 1 is 1.20 bits per heavy atom. The van der Waals surface area contributed by atoms with Crippen LogP contribution in [-0.4, -0.2) is 47.9 Å². The van der Waals surface area contributed by atoms with Crippen LogP contribution in [0, 0.1) is 5.82 Å². The van der Waals surface area contributed by atoms with Crippen molar-refractivity contribution < 1.29 is 14.0 Å². The molecular formula is C18H21FN4O2. The number of hydrogen-bond donors (Lipinski definition) is 2. The third-order valence-corrected chi connectivity index (χ3v) is 6.07. The van der Waals surface area contributed by atoms with Gasteiger partial charge in [0.1, 0.15) is 0 Å². The number of halogens is 1. The largest absolute Gasteiger partial charge is 0.363 e. The second-order valence-electron chi connectivity index (χ2n) is 7.56. The average Bonchev–Trinajstić information content (AvgIpc) is 3.30. The van der Waals surface area contributed by atoms with Crippen LogP contribution in [0.25, 0.3) is 0 Å². The van der Waals surface area contributed by atoms with Crippen LogP contribution in [0.2, 0.25) is 0 Å². The number of fused-ring (bicyclic) bond motifs is 3. The lowest BCUT2D eigenvalue weighted by atomic mass is 10.0. The molecule has 25 heavy (non-hydrogen) atoms. The predicted molar refractivity (Wildman–Crippen MR) is 89.4 cm³/mol. The van der Waals surface area contributed by atoms with Crippen molar-refractivity contribution in [3.63, 3.8) is 0 Å². The van der Waals surface area contributed by atoms with Crippen LogP contribution in [0.15, 0.2) is 12.1 Å². The van der Waals surface area contributed by atoms with Crippen molar-refractivity contribution in [2.75, 3.05) is 18.0 Å². The Bertz CT molecular complexity index is 768. The first-order chi connectivity index (χ1) is 12.1. The van der Waals surface area contributed by atoms with Crippen LogP contribution in [0.5, 0.6) is 0 Å². The molecule has 0 radical (unpaired) electrons. The highest BCUT2D eigenvalue weighted by Gasteiger charge is 2.40. The minimum Gasteiger partial charge on any atom is -0.363 e. The first-order valence-electron chi connectivity index (χ1n) is 8.98.